The molecule has 2 unspecified atom stereocenters. The second-order valence-corrected chi connectivity index (χ2v) is 3.97. The van der Waals surface area contributed by atoms with Crippen LogP contribution in [0, 0.1) is 5.92 Å². The standard InChI is InChI=1S/C8H14N2/c1-9-7-5-10-3-2-6-4-8(6,7)10/h6-7,9H,2-5H2,1H3/t6?,7-,8?/m1/s1. The first-order chi connectivity index (χ1) is 4.88. The van der Waals surface area contributed by atoms with Crippen LogP contribution in [0.3, 0.4) is 0 Å². The van der Waals surface area contributed by atoms with Crippen molar-refractivity contribution in [1.82, 2.24) is 10.2 Å². The number of hydrogen-bond acceptors (Lipinski definition) is 2. The van der Waals surface area contributed by atoms with Crippen LogP contribution in [0.4, 0.5) is 0 Å². The molecule has 0 aromatic heterocycles. The molecule has 3 atom stereocenters. The smallest absolute Gasteiger partial charge is 0.0408 e. The third-order valence-electron chi connectivity index (χ3n) is 3.81. The van der Waals surface area contributed by atoms with Crippen LogP contribution in [-0.2, 0) is 0 Å². The predicted octanol–water partition coefficient (Wildman–Crippen LogP) is 0.0524. The van der Waals surface area contributed by atoms with Gasteiger partial charge in [-0.25, -0.2) is 0 Å². The van der Waals surface area contributed by atoms with E-state index in [-0.39, 0.29) is 0 Å². The third kappa shape index (κ3) is 0.372. The van der Waals surface area contributed by atoms with Gasteiger partial charge < -0.3 is 5.32 Å². The highest BCUT2D eigenvalue weighted by Gasteiger charge is 2.71. The maximum absolute atomic E-state index is 3.41. The molecule has 10 heavy (non-hydrogen) atoms. The molecule has 1 saturated carbocycles. The average Bonchev–Trinajstić information content (AvgIpc) is 2.58. The molecule has 2 saturated heterocycles. The summed E-state index contributed by atoms with van der Waals surface area (Å²) in [6.45, 7) is 2.69. The fraction of sp³-hybridized carbons (Fsp3) is 1.00. The van der Waals surface area contributed by atoms with Crippen LogP contribution in [0.15, 0.2) is 0 Å². The van der Waals surface area contributed by atoms with Crippen LogP contribution in [0.2, 0.25) is 0 Å². The first-order valence-electron chi connectivity index (χ1n) is 4.30. The molecule has 0 amide bonds. The Morgan fingerprint density at radius 3 is 3.10 bits per heavy atom. The van der Waals surface area contributed by atoms with E-state index in [1.54, 1.807) is 0 Å². The van der Waals surface area contributed by atoms with E-state index in [1.807, 2.05) is 0 Å². The maximum atomic E-state index is 3.41. The van der Waals surface area contributed by atoms with E-state index in [0.717, 1.165) is 12.0 Å². The molecular weight excluding hydrogens is 124 g/mol. The lowest BCUT2D eigenvalue weighted by molar-refractivity contribution is 0.0487. The highest BCUT2D eigenvalue weighted by Crippen LogP contribution is 2.62. The van der Waals surface area contributed by atoms with Gasteiger partial charge in [-0.2, -0.15) is 0 Å². The van der Waals surface area contributed by atoms with Gasteiger partial charge in [0, 0.05) is 18.1 Å². The van der Waals surface area contributed by atoms with Gasteiger partial charge in [0.2, 0.25) is 0 Å². The van der Waals surface area contributed by atoms with Gasteiger partial charge in [-0.1, -0.05) is 0 Å². The lowest BCUT2D eigenvalue weighted by Crippen LogP contribution is -2.65. The van der Waals surface area contributed by atoms with Crippen molar-refractivity contribution >= 4 is 0 Å². The normalized spacial score (nSPS) is 57.3. The molecule has 3 rings (SSSR count). The van der Waals surface area contributed by atoms with E-state index < -0.39 is 0 Å². The summed E-state index contributed by atoms with van der Waals surface area (Å²) in [6, 6.07) is 0.833. The first kappa shape index (κ1) is 5.56. The predicted molar refractivity (Wildman–Crippen MR) is 39.9 cm³/mol. The molecule has 0 radical (unpaired) electrons. The SMILES string of the molecule is CN[C@@H]1CN2CCC3CC312. The lowest BCUT2D eigenvalue weighted by Gasteiger charge is -2.47. The Morgan fingerprint density at radius 1 is 1.60 bits per heavy atom. The molecule has 0 bridgehead atoms. The zero-order valence-corrected chi connectivity index (χ0v) is 6.43. The van der Waals surface area contributed by atoms with Crippen molar-refractivity contribution in [3.8, 4) is 0 Å². The van der Waals surface area contributed by atoms with Gasteiger partial charge in [-0.15, -0.1) is 0 Å². The molecule has 2 nitrogen and oxygen atoms in total. The van der Waals surface area contributed by atoms with Crippen LogP contribution in [-0.4, -0.2) is 36.6 Å². The van der Waals surface area contributed by atoms with Gasteiger partial charge >= 0.3 is 0 Å². The Balaban J connectivity index is 1.87. The molecule has 1 aliphatic carbocycles. The molecule has 3 fully saturated rings. The Hall–Kier alpha value is -0.0800. The van der Waals surface area contributed by atoms with Crippen molar-refractivity contribution in [3.05, 3.63) is 0 Å². The minimum absolute atomic E-state index is 0.689. The Kier molecular flexibility index (Phi) is 0.783. The van der Waals surface area contributed by atoms with E-state index in [2.05, 4.69) is 17.3 Å². The zero-order valence-electron chi connectivity index (χ0n) is 6.43. The first-order valence-corrected chi connectivity index (χ1v) is 4.30. The summed E-state index contributed by atoms with van der Waals surface area (Å²) in [5.74, 6) is 1.07. The monoisotopic (exact) mass is 138 g/mol. The summed E-state index contributed by atoms with van der Waals surface area (Å²) in [4.78, 5) is 2.67. The third-order valence-corrected chi connectivity index (χ3v) is 3.81. The fourth-order valence-corrected chi connectivity index (χ4v) is 3.11. The molecular formula is C8H14N2. The van der Waals surface area contributed by atoms with Gasteiger partial charge in [0.1, 0.15) is 0 Å². The van der Waals surface area contributed by atoms with Crippen molar-refractivity contribution < 1.29 is 0 Å². The average molecular weight is 138 g/mol. The summed E-state index contributed by atoms with van der Waals surface area (Å²) in [7, 11) is 2.10. The van der Waals surface area contributed by atoms with E-state index in [4.69, 9.17) is 0 Å². The van der Waals surface area contributed by atoms with Gasteiger partial charge in [0.25, 0.3) is 0 Å². The minimum Gasteiger partial charge on any atom is -0.314 e. The fourth-order valence-electron chi connectivity index (χ4n) is 3.11. The zero-order chi connectivity index (χ0) is 6.77. The highest BCUT2D eigenvalue weighted by molar-refractivity contribution is 5.28. The highest BCUT2D eigenvalue weighted by atomic mass is 15.4. The Morgan fingerprint density at radius 2 is 2.50 bits per heavy atom. The molecule has 2 aliphatic heterocycles. The number of hydrogen-bond donors (Lipinski definition) is 1. The van der Waals surface area contributed by atoms with E-state index in [0.29, 0.717) is 5.54 Å². The molecule has 2 heteroatoms. The molecule has 0 aromatic carbocycles. The molecule has 1 spiro atoms. The van der Waals surface area contributed by atoms with Crippen LogP contribution in [0.5, 0.6) is 0 Å². The van der Waals surface area contributed by atoms with E-state index in [1.165, 1.54) is 25.9 Å². The number of rotatable bonds is 1. The summed E-state index contributed by atoms with van der Waals surface area (Å²) in [5, 5.41) is 3.41. The van der Waals surface area contributed by atoms with Crippen LogP contribution >= 0.6 is 0 Å². The molecule has 2 heterocycles. The van der Waals surface area contributed by atoms with Gasteiger partial charge in [0.05, 0.1) is 0 Å². The van der Waals surface area contributed by atoms with E-state index >= 15 is 0 Å². The Bertz CT molecular complexity index is 180. The minimum atomic E-state index is 0.689. The van der Waals surface area contributed by atoms with Crippen LogP contribution < -0.4 is 5.32 Å². The number of nitrogens with one attached hydrogen (secondary N) is 1. The molecule has 56 valence electrons. The van der Waals surface area contributed by atoms with E-state index in [9.17, 15) is 0 Å². The summed E-state index contributed by atoms with van der Waals surface area (Å²) in [5.41, 5.74) is 0.689. The van der Waals surface area contributed by atoms with Crippen molar-refractivity contribution in [2.24, 2.45) is 5.92 Å². The van der Waals surface area contributed by atoms with Crippen LogP contribution in [0.25, 0.3) is 0 Å². The number of likely N-dealkylation sites (N-methyl/N-ethyl adjacent to an activating group) is 1. The summed E-state index contributed by atoms with van der Waals surface area (Å²) in [6.07, 6.45) is 2.96. The second-order valence-electron chi connectivity index (χ2n) is 3.97. The summed E-state index contributed by atoms with van der Waals surface area (Å²) >= 11 is 0. The quantitative estimate of drug-likeness (QED) is 0.551. The van der Waals surface area contributed by atoms with Crippen LogP contribution in [0.1, 0.15) is 12.8 Å². The van der Waals surface area contributed by atoms with Crippen molar-refractivity contribution in [2.45, 2.75) is 24.4 Å². The number of nitrogens with zero attached hydrogens (tertiary/aromatic N) is 1. The lowest BCUT2D eigenvalue weighted by atomic mass is 9.94. The second kappa shape index (κ2) is 1.41. The molecule has 0 aromatic rings. The largest absolute Gasteiger partial charge is 0.314 e. The maximum Gasteiger partial charge on any atom is 0.0408 e. The van der Waals surface area contributed by atoms with Crippen molar-refractivity contribution in [1.29, 1.82) is 0 Å². The van der Waals surface area contributed by atoms with Crippen molar-refractivity contribution in [2.75, 3.05) is 20.1 Å². The van der Waals surface area contributed by atoms with Gasteiger partial charge in [-0.05, 0) is 32.4 Å². The summed E-state index contributed by atoms with van der Waals surface area (Å²) < 4.78 is 0. The van der Waals surface area contributed by atoms with Gasteiger partial charge in [-0.3, -0.25) is 4.90 Å². The molecule has 1 N–H and O–H groups in total. The molecule has 3 aliphatic rings. The van der Waals surface area contributed by atoms with Crippen molar-refractivity contribution in [3.63, 3.8) is 0 Å². The Labute approximate surface area is 61.6 Å². The van der Waals surface area contributed by atoms with Gasteiger partial charge in [0.15, 0.2) is 0 Å². The number of piperidine rings is 1. The topological polar surface area (TPSA) is 15.3 Å².